The Labute approximate surface area is 136 Å². The number of phenolic OH excluding ortho intramolecular Hbond substituents is 3. The lowest BCUT2D eigenvalue weighted by Gasteiger charge is -2.11. The summed E-state index contributed by atoms with van der Waals surface area (Å²) in [5, 5.41) is 37.9. The fourth-order valence-electron chi connectivity index (χ4n) is 2.57. The fraction of sp³-hybridized carbons (Fsp3) is 0.368. The Balaban J connectivity index is 1.64. The van der Waals surface area contributed by atoms with E-state index < -0.39 is 0 Å². The third kappa shape index (κ3) is 5.83. The minimum Gasteiger partial charge on any atom is -0.508 e. The van der Waals surface area contributed by atoms with Crippen molar-refractivity contribution in [3.8, 4) is 17.2 Å². The molecule has 4 heteroatoms. The van der Waals surface area contributed by atoms with E-state index in [1.54, 1.807) is 18.2 Å². The highest BCUT2D eigenvalue weighted by atomic mass is 16.3. The van der Waals surface area contributed by atoms with Gasteiger partial charge in [0, 0.05) is 0 Å². The van der Waals surface area contributed by atoms with E-state index >= 15 is 0 Å². The van der Waals surface area contributed by atoms with Crippen LogP contribution in [0.5, 0.6) is 17.2 Å². The first-order valence-electron chi connectivity index (χ1n) is 8.01. The van der Waals surface area contributed by atoms with Crippen molar-refractivity contribution in [3.05, 3.63) is 53.6 Å². The van der Waals surface area contributed by atoms with E-state index in [9.17, 15) is 20.4 Å². The van der Waals surface area contributed by atoms with E-state index in [0.717, 1.165) is 31.2 Å². The summed E-state index contributed by atoms with van der Waals surface area (Å²) in [6.07, 6.45) is 4.60. The van der Waals surface area contributed by atoms with Gasteiger partial charge in [0.1, 0.15) is 5.75 Å². The molecule has 0 fully saturated rings. The molecule has 124 valence electrons. The zero-order chi connectivity index (χ0) is 16.7. The zero-order valence-electron chi connectivity index (χ0n) is 13.2. The Morgan fingerprint density at radius 1 is 0.696 bits per heavy atom. The molecule has 2 aromatic rings. The highest BCUT2D eigenvalue weighted by Gasteiger charge is 2.06. The lowest BCUT2D eigenvalue weighted by atomic mass is 10.0. The topological polar surface area (TPSA) is 80.9 Å². The molecule has 0 radical (unpaired) electrons. The van der Waals surface area contributed by atoms with E-state index in [-0.39, 0.29) is 23.4 Å². The first-order chi connectivity index (χ1) is 11.0. The molecule has 1 atom stereocenters. The summed E-state index contributed by atoms with van der Waals surface area (Å²) < 4.78 is 0. The standard InChI is InChI=1S/C19H24O4/c20-16(11-7-15-8-12-18(22)19(23)13-15)4-2-1-3-14-5-9-17(21)10-6-14/h5-6,8-10,12-13,16,20-23H,1-4,7,11H2/t16-/m0/s1. The van der Waals surface area contributed by atoms with Crippen LogP contribution in [0.3, 0.4) is 0 Å². The van der Waals surface area contributed by atoms with Gasteiger partial charge in [-0.3, -0.25) is 0 Å². The van der Waals surface area contributed by atoms with Crippen molar-refractivity contribution in [1.82, 2.24) is 0 Å². The molecule has 0 heterocycles. The number of hydrogen-bond acceptors (Lipinski definition) is 4. The predicted octanol–water partition coefficient (Wildman–Crippen LogP) is 3.51. The molecule has 0 saturated heterocycles. The third-order valence-corrected chi connectivity index (χ3v) is 4.00. The molecule has 0 aromatic heterocycles. The van der Waals surface area contributed by atoms with Crippen molar-refractivity contribution in [3.63, 3.8) is 0 Å². The normalized spacial score (nSPS) is 12.2. The molecular formula is C19H24O4. The van der Waals surface area contributed by atoms with Crippen LogP contribution >= 0.6 is 0 Å². The monoisotopic (exact) mass is 316 g/mol. The van der Waals surface area contributed by atoms with Crippen molar-refractivity contribution < 1.29 is 20.4 Å². The SMILES string of the molecule is Oc1ccc(CCCC[C@H](O)CCc2ccc(O)c(O)c2)cc1. The average Bonchev–Trinajstić information content (AvgIpc) is 2.54. The number of unbranched alkanes of at least 4 members (excludes halogenated alkanes) is 1. The largest absolute Gasteiger partial charge is 0.508 e. The first-order valence-corrected chi connectivity index (χ1v) is 8.01. The van der Waals surface area contributed by atoms with Gasteiger partial charge >= 0.3 is 0 Å². The van der Waals surface area contributed by atoms with Gasteiger partial charge in [0.25, 0.3) is 0 Å². The van der Waals surface area contributed by atoms with Crippen LogP contribution in [-0.2, 0) is 12.8 Å². The summed E-state index contributed by atoms with van der Waals surface area (Å²) in [6.45, 7) is 0. The van der Waals surface area contributed by atoms with Crippen LogP contribution < -0.4 is 0 Å². The Bertz CT molecular complexity index is 607. The summed E-state index contributed by atoms with van der Waals surface area (Å²) in [5.41, 5.74) is 2.10. The molecule has 0 aliphatic rings. The molecule has 2 rings (SSSR count). The number of aromatic hydroxyl groups is 3. The number of benzene rings is 2. The Morgan fingerprint density at radius 3 is 2.09 bits per heavy atom. The van der Waals surface area contributed by atoms with Gasteiger partial charge in [-0.2, -0.15) is 0 Å². The second-order valence-electron chi connectivity index (χ2n) is 5.93. The van der Waals surface area contributed by atoms with Gasteiger partial charge in [0.15, 0.2) is 11.5 Å². The smallest absolute Gasteiger partial charge is 0.157 e. The molecule has 0 unspecified atom stereocenters. The minimum atomic E-state index is -0.356. The molecule has 23 heavy (non-hydrogen) atoms. The molecule has 0 bridgehead atoms. The Kier molecular flexibility index (Phi) is 6.29. The van der Waals surface area contributed by atoms with Crippen LogP contribution in [0.1, 0.15) is 36.8 Å². The van der Waals surface area contributed by atoms with Gasteiger partial charge in [0.2, 0.25) is 0 Å². The molecule has 0 amide bonds. The minimum absolute atomic E-state index is 0.120. The number of aliphatic hydroxyl groups is 1. The number of hydrogen-bond donors (Lipinski definition) is 4. The average molecular weight is 316 g/mol. The van der Waals surface area contributed by atoms with Gasteiger partial charge in [-0.15, -0.1) is 0 Å². The molecule has 0 spiro atoms. The van der Waals surface area contributed by atoms with E-state index in [4.69, 9.17) is 0 Å². The maximum Gasteiger partial charge on any atom is 0.157 e. The van der Waals surface area contributed by atoms with Gasteiger partial charge in [-0.1, -0.05) is 24.6 Å². The van der Waals surface area contributed by atoms with Gasteiger partial charge in [-0.25, -0.2) is 0 Å². The molecule has 2 aromatic carbocycles. The number of aliphatic hydroxyl groups excluding tert-OH is 1. The Morgan fingerprint density at radius 2 is 1.39 bits per heavy atom. The van der Waals surface area contributed by atoms with Crippen molar-refractivity contribution >= 4 is 0 Å². The number of phenols is 3. The van der Waals surface area contributed by atoms with Crippen LogP contribution in [0.25, 0.3) is 0 Å². The summed E-state index contributed by atoms with van der Waals surface area (Å²) >= 11 is 0. The summed E-state index contributed by atoms with van der Waals surface area (Å²) in [4.78, 5) is 0. The summed E-state index contributed by atoms with van der Waals surface area (Å²) in [6, 6.07) is 12.0. The molecule has 0 saturated carbocycles. The van der Waals surface area contributed by atoms with Gasteiger partial charge < -0.3 is 20.4 Å². The van der Waals surface area contributed by atoms with Crippen molar-refractivity contribution in [2.75, 3.05) is 0 Å². The number of aryl methyl sites for hydroxylation is 2. The zero-order valence-corrected chi connectivity index (χ0v) is 13.2. The van der Waals surface area contributed by atoms with E-state index in [0.29, 0.717) is 12.8 Å². The molecule has 4 N–H and O–H groups in total. The van der Waals surface area contributed by atoms with Crippen LogP contribution in [0.15, 0.2) is 42.5 Å². The summed E-state index contributed by atoms with van der Waals surface area (Å²) in [5.74, 6) is 0.0406. The lowest BCUT2D eigenvalue weighted by Crippen LogP contribution is -2.08. The van der Waals surface area contributed by atoms with Crippen LogP contribution in [0.2, 0.25) is 0 Å². The van der Waals surface area contributed by atoms with E-state index in [1.807, 2.05) is 12.1 Å². The highest BCUT2D eigenvalue weighted by molar-refractivity contribution is 5.40. The Hall–Kier alpha value is -2.20. The molecule has 4 nitrogen and oxygen atoms in total. The second-order valence-corrected chi connectivity index (χ2v) is 5.93. The van der Waals surface area contributed by atoms with Gasteiger partial charge in [0.05, 0.1) is 6.10 Å². The van der Waals surface area contributed by atoms with E-state index in [1.165, 1.54) is 17.7 Å². The summed E-state index contributed by atoms with van der Waals surface area (Å²) in [7, 11) is 0. The lowest BCUT2D eigenvalue weighted by molar-refractivity contribution is 0.151. The molecular weight excluding hydrogens is 292 g/mol. The maximum absolute atomic E-state index is 10.0. The highest BCUT2D eigenvalue weighted by Crippen LogP contribution is 2.25. The maximum atomic E-state index is 10.0. The van der Waals surface area contributed by atoms with E-state index in [2.05, 4.69) is 0 Å². The van der Waals surface area contributed by atoms with Crippen molar-refractivity contribution in [2.45, 2.75) is 44.6 Å². The quantitative estimate of drug-likeness (QED) is 0.444. The third-order valence-electron chi connectivity index (χ3n) is 4.00. The first kappa shape index (κ1) is 17.2. The van der Waals surface area contributed by atoms with Crippen LogP contribution in [-0.4, -0.2) is 26.5 Å². The molecule has 0 aliphatic carbocycles. The number of rotatable bonds is 8. The van der Waals surface area contributed by atoms with Crippen LogP contribution in [0.4, 0.5) is 0 Å². The van der Waals surface area contributed by atoms with Gasteiger partial charge in [-0.05, 0) is 67.5 Å². The predicted molar refractivity (Wildman–Crippen MR) is 89.8 cm³/mol. The molecule has 0 aliphatic heterocycles. The van der Waals surface area contributed by atoms with Crippen molar-refractivity contribution in [2.24, 2.45) is 0 Å². The second kappa shape index (κ2) is 8.44. The van der Waals surface area contributed by atoms with Crippen LogP contribution in [0, 0.1) is 0 Å². The fourth-order valence-corrected chi connectivity index (χ4v) is 2.57. The van der Waals surface area contributed by atoms with Crippen molar-refractivity contribution in [1.29, 1.82) is 0 Å².